The molecule has 0 aromatic heterocycles. The SMILES string of the molecule is Cc1ccc(N2c3ccc(C)cc3B3c4cc(C(C)(c5ccc6c(c5)B5c7cc(C)ccc7N(c7ccc(C)cc7)c7cc(C)cc(c75)N6c5cc(C)c(C)c(C)c5)c5ccc6c(c5)B5c7cc(C)ccc7N(c7ccc(C)cc7)c7cc(C)cc(c75)N6c5cc(C)c(C)c(C)c5)ccc4N(c4cc(C)c(C)c(C)c4)c4cc(C)cc2c43)cc1. The maximum Gasteiger partial charge on any atom is 0.252 e. The Morgan fingerprint density at radius 1 is 0.176 bits per heavy atom. The van der Waals surface area contributed by atoms with Crippen molar-refractivity contribution in [1.29, 1.82) is 0 Å². The molecule has 0 amide bonds. The molecule has 6 heterocycles. The van der Waals surface area contributed by atoms with Crippen molar-refractivity contribution in [2.75, 3.05) is 29.4 Å². The Bertz CT molecular complexity index is 6190. The lowest BCUT2D eigenvalue weighted by Gasteiger charge is -2.46. The smallest absolute Gasteiger partial charge is 0.252 e. The molecule has 578 valence electrons. The van der Waals surface area contributed by atoms with E-state index in [-0.39, 0.29) is 20.1 Å². The normalized spacial score (nSPS) is 13.7. The van der Waals surface area contributed by atoms with Crippen LogP contribution in [0.2, 0.25) is 0 Å². The van der Waals surface area contributed by atoms with E-state index in [2.05, 4.69) is 416 Å². The molecule has 15 aromatic carbocycles. The number of anilines is 18. The third-order valence-corrected chi connectivity index (χ3v) is 28.2. The molecule has 9 heteroatoms. The van der Waals surface area contributed by atoms with Crippen molar-refractivity contribution in [3.05, 3.63) is 372 Å². The highest BCUT2D eigenvalue weighted by molar-refractivity contribution is 7.02. The molecule has 0 bridgehead atoms. The fourth-order valence-corrected chi connectivity index (χ4v) is 21.4. The lowest BCUT2D eigenvalue weighted by molar-refractivity contribution is 0.694. The van der Waals surface area contributed by atoms with Crippen molar-refractivity contribution in [3.8, 4) is 0 Å². The molecule has 0 saturated heterocycles. The predicted octanol–water partition coefficient (Wildman–Crippen LogP) is 22.8. The standard InChI is InChI=1S/C110H99B3N6/c1-62-20-32-83(33-21-62)114-95-38-26-65(4)44-89(95)111-92-59-80(29-41-98(92)117(86-53-71(10)77(16)72(11)54-86)104-50-68(7)47-101(114)107(104)111)110(19,81-30-42-99-93(60-81)112-90-45-66(5)27-39-96(90)115(84-34-22-63(2)23-35-84)102-48-69(8)51-105(108(102)112)118(99)87-55-73(12)78(17)74(13)56-87)82-31-43-100-94(61-82)113-91-46-67(6)28-40-97(91)116(85-36-24-64(3)25-37-85)103-49-70(9)52-106(109(103)113)119(100)88-57-75(14)79(18)76(15)58-88/h20-61H,1-19H3. The number of hydrogen-bond acceptors (Lipinski definition) is 6. The summed E-state index contributed by atoms with van der Waals surface area (Å²) < 4.78 is 0. The zero-order valence-corrected chi connectivity index (χ0v) is 72.2. The van der Waals surface area contributed by atoms with Crippen LogP contribution in [0, 0.1) is 125 Å². The van der Waals surface area contributed by atoms with Crippen molar-refractivity contribution in [2.45, 2.75) is 137 Å². The minimum atomic E-state index is -0.859. The molecule has 0 radical (unpaired) electrons. The van der Waals surface area contributed by atoms with Crippen LogP contribution >= 0.6 is 0 Å². The number of benzene rings is 15. The molecule has 21 rings (SSSR count). The highest BCUT2D eigenvalue weighted by atomic mass is 15.2. The van der Waals surface area contributed by atoms with Crippen LogP contribution in [0.5, 0.6) is 0 Å². The van der Waals surface area contributed by atoms with Gasteiger partial charge >= 0.3 is 0 Å². The topological polar surface area (TPSA) is 19.4 Å². The predicted molar refractivity (Wildman–Crippen MR) is 512 cm³/mol. The summed E-state index contributed by atoms with van der Waals surface area (Å²) in [7, 11) is 0. The van der Waals surface area contributed by atoms with E-state index in [1.54, 1.807) is 0 Å². The third-order valence-electron chi connectivity index (χ3n) is 28.2. The molecule has 15 aromatic rings. The summed E-state index contributed by atoms with van der Waals surface area (Å²) in [6.07, 6.45) is 0. The zero-order chi connectivity index (χ0) is 82.1. The molecule has 0 fully saturated rings. The van der Waals surface area contributed by atoms with Crippen molar-refractivity contribution >= 4 is 172 Å². The van der Waals surface area contributed by atoms with Crippen molar-refractivity contribution in [2.24, 2.45) is 0 Å². The number of fused-ring (bicyclic) bond motifs is 12. The van der Waals surface area contributed by atoms with Gasteiger partial charge in [-0.1, -0.05) is 143 Å². The molecule has 0 unspecified atom stereocenters. The van der Waals surface area contributed by atoms with Crippen LogP contribution in [-0.2, 0) is 5.41 Å². The van der Waals surface area contributed by atoms with Gasteiger partial charge in [0, 0.05) is 108 Å². The average molecular weight is 1540 g/mol. The highest BCUT2D eigenvalue weighted by Gasteiger charge is 2.50. The summed E-state index contributed by atoms with van der Waals surface area (Å²) in [4.78, 5) is 15.6. The Morgan fingerprint density at radius 2 is 0.370 bits per heavy atom. The first-order valence-electron chi connectivity index (χ1n) is 42.7. The molecule has 6 nitrogen and oxygen atoms in total. The molecule has 0 N–H and O–H groups in total. The van der Waals surface area contributed by atoms with E-state index in [4.69, 9.17) is 0 Å². The molecule has 0 atom stereocenters. The van der Waals surface area contributed by atoms with Crippen molar-refractivity contribution in [3.63, 3.8) is 0 Å². The van der Waals surface area contributed by atoms with Gasteiger partial charge < -0.3 is 29.4 Å². The second-order valence-corrected chi connectivity index (χ2v) is 36.2. The maximum absolute atomic E-state index is 2.69. The van der Waals surface area contributed by atoms with Gasteiger partial charge in [0.05, 0.1) is 0 Å². The van der Waals surface area contributed by atoms with E-state index >= 15 is 0 Å². The van der Waals surface area contributed by atoms with Crippen LogP contribution in [0.1, 0.15) is 124 Å². The van der Waals surface area contributed by atoms with Crippen LogP contribution in [0.25, 0.3) is 0 Å². The second-order valence-electron chi connectivity index (χ2n) is 36.2. The van der Waals surface area contributed by atoms with Crippen LogP contribution in [0.4, 0.5) is 102 Å². The molecule has 0 spiro atoms. The second kappa shape index (κ2) is 26.9. The highest BCUT2D eigenvalue weighted by Crippen LogP contribution is 2.53. The summed E-state index contributed by atoms with van der Waals surface area (Å²) in [6, 6.07) is 102. The van der Waals surface area contributed by atoms with Gasteiger partial charge in [0.1, 0.15) is 0 Å². The monoisotopic (exact) mass is 1540 g/mol. The summed E-state index contributed by atoms with van der Waals surface area (Å²) in [5.41, 5.74) is 58.6. The lowest BCUT2D eigenvalue weighted by atomic mass is 9.32. The van der Waals surface area contributed by atoms with E-state index < -0.39 is 5.41 Å². The van der Waals surface area contributed by atoms with Crippen LogP contribution in [0.15, 0.2) is 255 Å². The van der Waals surface area contributed by atoms with Gasteiger partial charge in [-0.3, -0.25) is 0 Å². The number of aryl methyl sites for hydroxylation is 15. The summed E-state index contributed by atoms with van der Waals surface area (Å²) in [5, 5.41) is 0. The lowest BCUT2D eigenvalue weighted by Crippen LogP contribution is -2.62. The first kappa shape index (κ1) is 73.9. The van der Waals surface area contributed by atoms with E-state index in [1.807, 2.05) is 0 Å². The van der Waals surface area contributed by atoms with Gasteiger partial charge in [-0.25, -0.2) is 0 Å². The molecular formula is C110H99B3N6. The molecule has 0 saturated carbocycles. The average Bonchev–Trinajstić information content (AvgIpc) is 0.695. The minimum Gasteiger partial charge on any atom is -0.311 e. The van der Waals surface area contributed by atoms with Gasteiger partial charge in [-0.15, -0.1) is 0 Å². The number of hydrogen-bond donors (Lipinski definition) is 0. The maximum atomic E-state index is 2.69. The van der Waals surface area contributed by atoms with Gasteiger partial charge in [0.15, 0.2) is 0 Å². The molecule has 6 aliphatic rings. The molecule has 0 aliphatic carbocycles. The molecular weight excluding hydrogens is 1440 g/mol. The van der Waals surface area contributed by atoms with E-state index in [0.29, 0.717) is 0 Å². The molecule has 119 heavy (non-hydrogen) atoms. The first-order chi connectivity index (χ1) is 57.3. The van der Waals surface area contributed by atoms with E-state index in [0.717, 1.165) is 17.1 Å². The summed E-state index contributed by atoms with van der Waals surface area (Å²) >= 11 is 0. The summed E-state index contributed by atoms with van der Waals surface area (Å²) in [5.74, 6) is 0. The minimum absolute atomic E-state index is 0.147. The molecule has 6 aliphatic heterocycles. The van der Waals surface area contributed by atoms with Crippen LogP contribution in [-0.4, -0.2) is 20.1 Å². The Hall–Kier alpha value is -12.7. The van der Waals surface area contributed by atoms with Gasteiger partial charge in [-0.2, -0.15) is 0 Å². The van der Waals surface area contributed by atoms with Gasteiger partial charge in [-0.05, 0) is 410 Å². The fraction of sp³-hybridized carbons (Fsp3) is 0.182. The quantitative estimate of drug-likeness (QED) is 0.105. The Kier molecular flexibility index (Phi) is 16.7. The van der Waals surface area contributed by atoms with E-state index in [9.17, 15) is 0 Å². The van der Waals surface area contributed by atoms with Gasteiger partial charge in [0.25, 0.3) is 20.1 Å². The zero-order valence-electron chi connectivity index (χ0n) is 72.2. The first-order valence-corrected chi connectivity index (χ1v) is 42.7. The Morgan fingerprint density at radius 3 is 0.597 bits per heavy atom. The van der Waals surface area contributed by atoms with Crippen LogP contribution < -0.4 is 78.6 Å². The fourth-order valence-electron chi connectivity index (χ4n) is 21.4. The van der Waals surface area contributed by atoms with Gasteiger partial charge in [0.2, 0.25) is 0 Å². The Balaban J connectivity index is 0.882. The van der Waals surface area contributed by atoms with Crippen LogP contribution in [0.3, 0.4) is 0 Å². The van der Waals surface area contributed by atoms with E-state index in [1.165, 1.54) is 251 Å². The summed E-state index contributed by atoms with van der Waals surface area (Å²) in [6.45, 7) is 43.0. The Labute approximate surface area is 705 Å². The van der Waals surface area contributed by atoms with Crippen molar-refractivity contribution in [1.82, 2.24) is 0 Å². The number of nitrogens with zero attached hydrogens (tertiary/aromatic N) is 6. The largest absolute Gasteiger partial charge is 0.311 e. The van der Waals surface area contributed by atoms with Crippen molar-refractivity contribution < 1.29 is 0 Å². The number of rotatable bonds is 9. The third kappa shape index (κ3) is 11.2.